The summed E-state index contributed by atoms with van der Waals surface area (Å²) in [5.74, 6) is 0.685. The van der Waals surface area contributed by atoms with Crippen LogP contribution in [0.25, 0.3) is 0 Å². The molecule has 0 radical (unpaired) electrons. The Bertz CT molecular complexity index is 496. The lowest BCUT2D eigenvalue weighted by molar-refractivity contribution is 0.122. The van der Waals surface area contributed by atoms with Gasteiger partial charge >= 0.3 is 6.03 Å². The highest BCUT2D eigenvalue weighted by Gasteiger charge is 2.12. The molecule has 24 heavy (non-hydrogen) atoms. The minimum Gasteiger partial charge on any atom is -0.378 e. The fourth-order valence-electron chi connectivity index (χ4n) is 2.82. The average molecular weight is 333 g/mol. The molecule has 0 saturated carbocycles. The van der Waals surface area contributed by atoms with Gasteiger partial charge in [-0.15, -0.1) is 0 Å². The van der Waals surface area contributed by atoms with Crippen molar-refractivity contribution in [2.45, 2.75) is 33.2 Å². The van der Waals surface area contributed by atoms with Gasteiger partial charge in [-0.05, 0) is 36.5 Å². The third-order valence-electron chi connectivity index (χ3n) is 4.31. The van der Waals surface area contributed by atoms with Crippen LogP contribution in [0.2, 0.25) is 0 Å². The Morgan fingerprint density at radius 1 is 1.25 bits per heavy atom. The molecule has 1 aliphatic heterocycles. The minimum absolute atomic E-state index is 0.00369. The van der Waals surface area contributed by atoms with E-state index in [1.807, 2.05) is 7.05 Å². The molecule has 1 aromatic carbocycles. The highest BCUT2D eigenvalue weighted by Crippen LogP contribution is 2.17. The summed E-state index contributed by atoms with van der Waals surface area (Å²) in [4.78, 5) is 16.2. The smallest absolute Gasteiger partial charge is 0.317 e. The maximum absolute atomic E-state index is 12.1. The van der Waals surface area contributed by atoms with E-state index in [0.717, 1.165) is 51.3 Å². The van der Waals surface area contributed by atoms with Crippen LogP contribution in [-0.2, 0) is 11.3 Å². The molecule has 0 aromatic heterocycles. The Hall–Kier alpha value is -1.75. The van der Waals surface area contributed by atoms with E-state index in [2.05, 4.69) is 48.3 Å². The Labute approximate surface area is 146 Å². The van der Waals surface area contributed by atoms with Gasteiger partial charge in [-0.2, -0.15) is 0 Å². The van der Waals surface area contributed by atoms with Gasteiger partial charge in [-0.1, -0.05) is 26.0 Å². The molecule has 1 N–H and O–H groups in total. The maximum atomic E-state index is 12.1. The van der Waals surface area contributed by atoms with Gasteiger partial charge in [0.1, 0.15) is 0 Å². The number of hydrogen-bond acceptors (Lipinski definition) is 3. The predicted octanol–water partition coefficient (Wildman–Crippen LogP) is 3.10. The van der Waals surface area contributed by atoms with Crippen LogP contribution in [0.4, 0.5) is 10.5 Å². The lowest BCUT2D eigenvalue weighted by atomic mass is 10.1. The number of hydrogen-bond donors (Lipinski definition) is 1. The number of benzene rings is 1. The Morgan fingerprint density at radius 2 is 1.92 bits per heavy atom. The van der Waals surface area contributed by atoms with Crippen molar-refractivity contribution < 1.29 is 9.53 Å². The molecule has 1 aromatic rings. The monoisotopic (exact) mass is 333 g/mol. The molecular weight excluding hydrogens is 302 g/mol. The zero-order valence-corrected chi connectivity index (χ0v) is 15.3. The summed E-state index contributed by atoms with van der Waals surface area (Å²) < 4.78 is 5.38. The minimum atomic E-state index is -0.00369. The SMILES string of the molecule is CC(C)CCCNC(=O)N(C)Cc1ccc(N2CCOCC2)cc1. The van der Waals surface area contributed by atoms with Crippen LogP contribution >= 0.6 is 0 Å². The Morgan fingerprint density at radius 3 is 2.54 bits per heavy atom. The van der Waals surface area contributed by atoms with Gasteiger partial charge in [0.25, 0.3) is 0 Å². The number of morpholine rings is 1. The third kappa shape index (κ3) is 6.04. The second-order valence-corrected chi connectivity index (χ2v) is 6.89. The van der Waals surface area contributed by atoms with Crippen molar-refractivity contribution in [1.82, 2.24) is 10.2 Å². The highest BCUT2D eigenvalue weighted by atomic mass is 16.5. The number of nitrogens with one attached hydrogen (secondary N) is 1. The van der Waals surface area contributed by atoms with E-state index in [4.69, 9.17) is 4.74 Å². The van der Waals surface area contributed by atoms with Crippen molar-refractivity contribution in [2.75, 3.05) is 44.8 Å². The number of nitrogens with zero attached hydrogens (tertiary/aromatic N) is 2. The summed E-state index contributed by atoms with van der Waals surface area (Å²) in [6.07, 6.45) is 2.18. The molecular formula is C19H31N3O2. The average Bonchev–Trinajstić information content (AvgIpc) is 2.59. The lowest BCUT2D eigenvalue weighted by Gasteiger charge is -2.29. The topological polar surface area (TPSA) is 44.8 Å². The van der Waals surface area contributed by atoms with E-state index in [0.29, 0.717) is 12.5 Å². The summed E-state index contributed by atoms with van der Waals surface area (Å²) in [6, 6.07) is 8.47. The molecule has 5 nitrogen and oxygen atoms in total. The Balaban J connectivity index is 1.76. The molecule has 1 aliphatic rings. The van der Waals surface area contributed by atoms with Gasteiger partial charge in [0.2, 0.25) is 0 Å². The maximum Gasteiger partial charge on any atom is 0.317 e. The number of anilines is 1. The first-order chi connectivity index (χ1) is 11.6. The molecule has 0 bridgehead atoms. The molecule has 1 heterocycles. The molecule has 0 spiro atoms. The van der Waals surface area contributed by atoms with E-state index in [1.54, 1.807) is 4.90 Å². The number of ether oxygens (including phenoxy) is 1. The fourth-order valence-corrected chi connectivity index (χ4v) is 2.82. The van der Waals surface area contributed by atoms with Crippen molar-refractivity contribution >= 4 is 11.7 Å². The molecule has 0 unspecified atom stereocenters. The second-order valence-electron chi connectivity index (χ2n) is 6.89. The molecule has 0 aliphatic carbocycles. The molecule has 0 atom stereocenters. The van der Waals surface area contributed by atoms with E-state index in [-0.39, 0.29) is 6.03 Å². The van der Waals surface area contributed by atoms with Gasteiger partial charge in [0.15, 0.2) is 0 Å². The van der Waals surface area contributed by atoms with Crippen LogP contribution in [0.3, 0.4) is 0 Å². The quantitative estimate of drug-likeness (QED) is 0.780. The van der Waals surface area contributed by atoms with Crippen molar-refractivity contribution in [3.8, 4) is 0 Å². The van der Waals surface area contributed by atoms with Crippen molar-refractivity contribution in [1.29, 1.82) is 0 Å². The number of urea groups is 1. The van der Waals surface area contributed by atoms with Crippen LogP contribution in [0.5, 0.6) is 0 Å². The Kier molecular flexibility index (Phi) is 7.37. The normalized spacial score (nSPS) is 14.8. The summed E-state index contributed by atoms with van der Waals surface area (Å²) in [6.45, 7) is 9.25. The van der Waals surface area contributed by atoms with Gasteiger partial charge in [-0.3, -0.25) is 0 Å². The van der Waals surface area contributed by atoms with Gasteiger partial charge in [0, 0.05) is 38.9 Å². The van der Waals surface area contributed by atoms with E-state index < -0.39 is 0 Å². The van der Waals surface area contributed by atoms with E-state index in [1.165, 1.54) is 5.69 Å². The van der Waals surface area contributed by atoms with Crippen molar-refractivity contribution in [3.63, 3.8) is 0 Å². The molecule has 134 valence electrons. The zero-order chi connectivity index (χ0) is 17.4. The fraction of sp³-hybridized carbons (Fsp3) is 0.632. The highest BCUT2D eigenvalue weighted by molar-refractivity contribution is 5.73. The zero-order valence-electron chi connectivity index (χ0n) is 15.3. The predicted molar refractivity (Wildman–Crippen MR) is 98.4 cm³/mol. The van der Waals surface area contributed by atoms with Crippen LogP contribution < -0.4 is 10.2 Å². The first kappa shape index (κ1) is 18.6. The van der Waals surface area contributed by atoms with E-state index in [9.17, 15) is 4.79 Å². The molecule has 1 saturated heterocycles. The summed E-state index contributed by atoms with van der Waals surface area (Å²) >= 11 is 0. The molecule has 2 amide bonds. The standard InChI is InChI=1S/C19H31N3O2/c1-16(2)5-4-10-20-19(23)21(3)15-17-6-8-18(9-7-17)22-11-13-24-14-12-22/h6-9,16H,4-5,10-15H2,1-3H3,(H,20,23). The van der Waals surface area contributed by atoms with Crippen molar-refractivity contribution in [3.05, 3.63) is 29.8 Å². The van der Waals surface area contributed by atoms with Gasteiger partial charge < -0.3 is 19.9 Å². The number of amides is 2. The van der Waals surface area contributed by atoms with Gasteiger partial charge in [0.05, 0.1) is 13.2 Å². The second kappa shape index (κ2) is 9.52. The molecule has 2 rings (SSSR count). The van der Waals surface area contributed by atoms with Crippen molar-refractivity contribution in [2.24, 2.45) is 5.92 Å². The first-order valence-electron chi connectivity index (χ1n) is 8.97. The van der Waals surface area contributed by atoms with Gasteiger partial charge in [-0.25, -0.2) is 4.79 Å². The van der Waals surface area contributed by atoms with E-state index >= 15 is 0 Å². The number of rotatable bonds is 7. The summed E-state index contributed by atoms with van der Waals surface area (Å²) in [5, 5.41) is 2.99. The van der Waals surface area contributed by atoms with Crippen LogP contribution in [0.1, 0.15) is 32.3 Å². The largest absolute Gasteiger partial charge is 0.378 e. The van der Waals surface area contributed by atoms with Crippen LogP contribution in [0.15, 0.2) is 24.3 Å². The molecule has 5 heteroatoms. The summed E-state index contributed by atoms with van der Waals surface area (Å²) in [5.41, 5.74) is 2.37. The number of carbonyl (C=O) groups excluding carboxylic acids is 1. The lowest BCUT2D eigenvalue weighted by Crippen LogP contribution is -2.37. The number of carbonyl (C=O) groups is 1. The first-order valence-corrected chi connectivity index (χ1v) is 8.97. The summed E-state index contributed by atoms with van der Waals surface area (Å²) in [7, 11) is 1.84. The van der Waals surface area contributed by atoms with Crippen LogP contribution in [-0.4, -0.2) is 50.8 Å². The molecule has 1 fully saturated rings. The third-order valence-corrected chi connectivity index (χ3v) is 4.31. The van der Waals surface area contributed by atoms with Crippen LogP contribution in [0, 0.1) is 5.92 Å².